The highest BCUT2D eigenvalue weighted by Gasteiger charge is 2.34. The van der Waals surface area contributed by atoms with Gasteiger partial charge in [-0.15, -0.1) is 0 Å². The molecule has 0 radical (unpaired) electrons. The van der Waals surface area contributed by atoms with E-state index in [1.807, 2.05) is 19.1 Å². The van der Waals surface area contributed by atoms with E-state index < -0.39 is 9.84 Å². The lowest BCUT2D eigenvalue weighted by Crippen LogP contribution is -2.29. The molecular weight excluding hydrogens is 294 g/mol. The molecule has 1 N–H and O–H groups in total. The van der Waals surface area contributed by atoms with E-state index in [0.29, 0.717) is 5.75 Å². The van der Waals surface area contributed by atoms with Crippen molar-refractivity contribution >= 4 is 21.4 Å². The van der Waals surface area contributed by atoms with Crippen molar-refractivity contribution in [1.82, 2.24) is 5.32 Å². The van der Waals surface area contributed by atoms with Crippen LogP contribution in [0.15, 0.2) is 18.2 Å². The Balaban J connectivity index is 2.25. The molecule has 2 rings (SSSR count). The molecule has 112 valence electrons. The maximum atomic E-state index is 11.7. The summed E-state index contributed by atoms with van der Waals surface area (Å²) in [6.07, 6.45) is 1.75. The van der Waals surface area contributed by atoms with Crippen LogP contribution in [-0.4, -0.2) is 26.5 Å². The lowest BCUT2D eigenvalue weighted by molar-refractivity contribution is 0.393. The fraction of sp³-hybridized carbons (Fsp3) is 0.600. The molecule has 3 nitrogen and oxygen atoms in total. The first-order valence-electron chi connectivity index (χ1n) is 7.13. The van der Waals surface area contributed by atoms with Crippen LogP contribution in [0, 0.1) is 12.8 Å². The zero-order chi connectivity index (χ0) is 14.8. The highest BCUT2D eigenvalue weighted by Crippen LogP contribution is 2.33. The van der Waals surface area contributed by atoms with Crippen LogP contribution >= 0.6 is 11.6 Å². The molecule has 1 aliphatic heterocycles. The van der Waals surface area contributed by atoms with Gasteiger partial charge in [-0.3, -0.25) is 0 Å². The average molecular weight is 316 g/mol. The Hall–Kier alpha value is -0.580. The molecule has 20 heavy (non-hydrogen) atoms. The van der Waals surface area contributed by atoms with Crippen LogP contribution < -0.4 is 5.32 Å². The second-order valence-electron chi connectivity index (χ2n) is 5.60. The van der Waals surface area contributed by atoms with Crippen molar-refractivity contribution in [2.75, 3.05) is 18.1 Å². The van der Waals surface area contributed by atoms with Crippen molar-refractivity contribution in [3.8, 4) is 0 Å². The smallest absolute Gasteiger partial charge is 0.150 e. The van der Waals surface area contributed by atoms with Crippen molar-refractivity contribution in [1.29, 1.82) is 0 Å². The van der Waals surface area contributed by atoms with E-state index in [2.05, 4.69) is 18.3 Å². The molecule has 2 atom stereocenters. The van der Waals surface area contributed by atoms with Crippen LogP contribution in [-0.2, 0) is 9.84 Å². The van der Waals surface area contributed by atoms with E-state index in [0.717, 1.165) is 35.5 Å². The summed E-state index contributed by atoms with van der Waals surface area (Å²) < 4.78 is 23.4. The molecule has 1 aliphatic rings. The number of benzene rings is 1. The van der Waals surface area contributed by atoms with Crippen molar-refractivity contribution in [3.63, 3.8) is 0 Å². The van der Waals surface area contributed by atoms with Crippen LogP contribution in [0.5, 0.6) is 0 Å². The second-order valence-corrected chi connectivity index (χ2v) is 8.24. The van der Waals surface area contributed by atoms with E-state index in [9.17, 15) is 8.42 Å². The minimum Gasteiger partial charge on any atom is -0.310 e. The quantitative estimate of drug-likeness (QED) is 0.908. The van der Waals surface area contributed by atoms with Gasteiger partial charge < -0.3 is 5.32 Å². The first-order chi connectivity index (χ1) is 9.43. The summed E-state index contributed by atoms with van der Waals surface area (Å²) in [4.78, 5) is 0. The third kappa shape index (κ3) is 3.74. The van der Waals surface area contributed by atoms with Crippen LogP contribution in [0.4, 0.5) is 0 Å². The van der Waals surface area contributed by atoms with Gasteiger partial charge in [0.15, 0.2) is 9.84 Å². The maximum absolute atomic E-state index is 11.7. The fourth-order valence-electron chi connectivity index (χ4n) is 2.75. The van der Waals surface area contributed by atoms with Crippen LogP contribution in [0.3, 0.4) is 0 Å². The predicted octanol–water partition coefficient (Wildman–Crippen LogP) is 3.12. The summed E-state index contributed by atoms with van der Waals surface area (Å²) in [6.45, 7) is 4.96. The van der Waals surface area contributed by atoms with Gasteiger partial charge >= 0.3 is 0 Å². The minimum absolute atomic E-state index is 0.0744. The Labute approximate surface area is 126 Å². The predicted molar refractivity (Wildman–Crippen MR) is 84.0 cm³/mol. The fourth-order valence-corrected chi connectivity index (χ4v) is 4.77. The minimum atomic E-state index is -2.86. The summed E-state index contributed by atoms with van der Waals surface area (Å²) in [6, 6.07) is 6.10. The van der Waals surface area contributed by atoms with E-state index in [-0.39, 0.29) is 17.7 Å². The van der Waals surface area contributed by atoms with Gasteiger partial charge in [0, 0.05) is 11.1 Å². The monoisotopic (exact) mass is 315 g/mol. The molecule has 0 aromatic heterocycles. The van der Waals surface area contributed by atoms with Gasteiger partial charge in [0.1, 0.15) is 0 Å². The van der Waals surface area contributed by atoms with Gasteiger partial charge in [0.2, 0.25) is 0 Å². The molecule has 1 aromatic rings. The van der Waals surface area contributed by atoms with Gasteiger partial charge in [-0.05, 0) is 49.4 Å². The van der Waals surface area contributed by atoms with Gasteiger partial charge in [0.25, 0.3) is 0 Å². The standard InChI is InChI=1S/C15H22ClNO2S/c1-3-7-17-15(13-6-8-20(18,19)10-13)12-5-4-11(2)14(16)9-12/h4-5,9,13,15,17H,3,6-8,10H2,1-2H3. The summed E-state index contributed by atoms with van der Waals surface area (Å²) in [5.74, 6) is 0.729. The Morgan fingerprint density at radius 2 is 2.20 bits per heavy atom. The zero-order valence-electron chi connectivity index (χ0n) is 12.0. The number of aryl methyl sites for hydroxylation is 1. The van der Waals surface area contributed by atoms with E-state index >= 15 is 0 Å². The van der Waals surface area contributed by atoms with E-state index in [1.165, 1.54) is 0 Å². The molecule has 2 unspecified atom stereocenters. The molecule has 1 aromatic carbocycles. The Morgan fingerprint density at radius 1 is 1.45 bits per heavy atom. The largest absolute Gasteiger partial charge is 0.310 e. The molecule has 1 saturated heterocycles. The topological polar surface area (TPSA) is 46.2 Å². The van der Waals surface area contributed by atoms with Gasteiger partial charge in [-0.2, -0.15) is 0 Å². The van der Waals surface area contributed by atoms with Crippen molar-refractivity contribution in [3.05, 3.63) is 34.3 Å². The first kappa shape index (κ1) is 15.8. The van der Waals surface area contributed by atoms with Gasteiger partial charge in [0.05, 0.1) is 11.5 Å². The normalized spacial score (nSPS) is 22.9. The van der Waals surface area contributed by atoms with Crippen LogP contribution in [0.2, 0.25) is 5.02 Å². The van der Waals surface area contributed by atoms with Crippen molar-refractivity contribution < 1.29 is 8.42 Å². The van der Waals surface area contributed by atoms with Gasteiger partial charge in [-0.1, -0.05) is 30.7 Å². The lowest BCUT2D eigenvalue weighted by Gasteiger charge is -2.25. The lowest BCUT2D eigenvalue weighted by atomic mass is 9.92. The number of hydrogen-bond donors (Lipinski definition) is 1. The molecule has 1 fully saturated rings. The molecule has 1 heterocycles. The van der Waals surface area contributed by atoms with Crippen molar-refractivity contribution in [2.24, 2.45) is 5.92 Å². The first-order valence-corrected chi connectivity index (χ1v) is 9.32. The van der Waals surface area contributed by atoms with Gasteiger partial charge in [-0.25, -0.2) is 8.42 Å². The third-order valence-electron chi connectivity index (χ3n) is 3.91. The highest BCUT2D eigenvalue weighted by atomic mass is 35.5. The van der Waals surface area contributed by atoms with E-state index in [4.69, 9.17) is 11.6 Å². The Morgan fingerprint density at radius 3 is 2.75 bits per heavy atom. The Kier molecular flexibility index (Phi) is 5.10. The molecule has 5 heteroatoms. The maximum Gasteiger partial charge on any atom is 0.150 e. The molecule has 0 spiro atoms. The number of rotatable bonds is 5. The summed E-state index contributed by atoms with van der Waals surface area (Å²) in [7, 11) is -2.86. The number of sulfone groups is 1. The number of nitrogens with one attached hydrogen (secondary N) is 1. The van der Waals surface area contributed by atoms with Crippen LogP contribution in [0.25, 0.3) is 0 Å². The highest BCUT2D eigenvalue weighted by molar-refractivity contribution is 7.91. The number of hydrogen-bond acceptors (Lipinski definition) is 3. The number of halogens is 1. The SMILES string of the molecule is CCCNC(c1ccc(C)c(Cl)c1)C1CCS(=O)(=O)C1. The summed E-state index contributed by atoms with van der Waals surface area (Å²) in [5.41, 5.74) is 2.14. The molecule has 0 saturated carbocycles. The Bertz CT molecular complexity index is 571. The second kappa shape index (κ2) is 6.46. The molecule has 0 amide bonds. The summed E-state index contributed by atoms with van der Waals surface area (Å²) in [5, 5.41) is 4.23. The molecule has 0 aliphatic carbocycles. The van der Waals surface area contributed by atoms with Crippen molar-refractivity contribution in [2.45, 2.75) is 32.7 Å². The zero-order valence-corrected chi connectivity index (χ0v) is 13.6. The molecule has 0 bridgehead atoms. The average Bonchev–Trinajstić information content (AvgIpc) is 2.74. The van der Waals surface area contributed by atoms with E-state index in [1.54, 1.807) is 0 Å². The summed E-state index contributed by atoms with van der Waals surface area (Å²) >= 11 is 6.21. The third-order valence-corrected chi connectivity index (χ3v) is 6.11. The molecular formula is C15H22ClNO2S. The van der Waals surface area contributed by atoms with Crippen LogP contribution in [0.1, 0.15) is 36.9 Å².